The molecule has 5 heteroatoms. The Kier molecular flexibility index (Phi) is 5.73. The largest absolute Gasteiger partial charge is 0.356 e. The van der Waals surface area contributed by atoms with Crippen LogP contribution in [0, 0.1) is 0 Å². The van der Waals surface area contributed by atoms with Crippen molar-refractivity contribution in [3.05, 3.63) is 70.9 Å². The third-order valence-electron chi connectivity index (χ3n) is 7.29. The number of unbranched alkanes of at least 4 members (excludes halogenated alkanes) is 2. The summed E-state index contributed by atoms with van der Waals surface area (Å²) in [7, 11) is 0. The molecule has 1 aromatic heterocycles. The molecular formula is C28H33N3O2. The van der Waals surface area contributed by atoms with E-state index in [0.29, 0.717) is 18.9 Å². The van der Waals surface area contributed by atoms with Crippen LogP contribution in [0.5, 0.6) is 0 Å². The number of nitrogens with one attached hydrogen (secondary N) is 1. The molecule has 5 nitrogen and oxygen atoms in total. The average molecular weight is 444 g/mol. The molecule has 172 valence electrons. The molecule has 2 amide bonds. The molecule has 0 saturated carbocycles. The smallest absolute Gasteiger partial charge is 0.246 e. The van der Waals surface area contributed by atoms with Gasteiger partial charge in [-0.2, -0.15) is 0 Å². The molecule has 1 saturated heterocycles. The third kappa shape index (κ3) is 3.73. The van der Waals surface area contributed by atoms with Crippen molar-refractivity contribution in [2.75, 3.05) is 13.1 Å². The van der Waals surface area contributed by atoms with Crippen LogP contribution in [0.1, 0.15) is 74.4 Å². The Bertz CT molecular complexity index is 1180. The van der Waals surface area contributed by atoms with Gasteiger partial charge in [-0.05, 0) is 35.1 Å². The number of piperazine rings is 1. The lowest BCUT2D eigenvalue weighted by molar-refractivity contribution is -0.158. The zero-order chi connectivity index (χ0) is 23.1. The van der Waals surface area contributed by atoms with Gasteiger partial charge in [-0.15, -0.1) is 0 Å². The van der Waals surface area contributed by atoms with E-state index in [9.17, 15) is 9.59 Å². The Hall–Kier alpha value is -3.08. The predicted molar refractivity (Wildman–Crippen MR) is 131 cm³/mol. The van der Waals surface area contributed by atoms with Crippen LogP contribution in [0.25, 0.3) is 10.9 Å². The summed E-state index contributed by atoms with van der Waals surface area (Å²) < 4.78 is 0. The molecule has 0 bridgehead atoms. The Morgan fingerprint density at radius 1 is 1.03 bits per heavy atom. The van der Waals surface area contributed by atoms with Crippen molar-refractivity contribution in [3.63, 3.8) is 0 Å². The lowest BCUT2D eigenvalue weighted by Gasteiger charge is -2.47. The first kappa shape index (κ1) is 21.7. The zero-order valence-electron chi connectivity index (χ0n) is 19.8. The fourth-order valence-corrected chi connectivity index (χ4v) is 5.47. The number of fused-ring (bicyclic) bond motifs is 4. The first-order valence-corrected chi connectivity index (χ1v) is 12.3. The summed E-state index contributed by atoms with van der Waals surface area (Å²) in [6.45, 7) is 7.36. The van der Waals surface area contributed by atoms with Gasteiger partial charge >= 0.3 is 0 Å². The summed E-state index contributed by atoms with van der Waals surface area (Å²) in [5, 5.41) is 1.15. The summed E-state index contributed by atoms with van der Waals surface area (Å²) in [5.41, 5.74) is 5.60. The highest BCUT2D eigenvalue weighted by molar-refractivity contribution is 5.97. The van der Waals surface area contributed by atoms with E-state index >= 15 is 0 Å². The van der Waals surface area contributed by atoms with E-state index < -0.39 is 6.04 Å². The number of carbonyl (C=O) groups is 2. The zero-order valence-corrected chi connectivity index (χ0v) is 19.8. The Morgan fingerprint density at radius 2 is 1.79 bits per heavy atom. The minimum Gasteiger partial charge on any atom is -0.356 e. The number of para-hydroxylation sites is 1. The van der Waals surface area contributed by atoms with Crippen LogP contribution in [-0.4, -0.2) is 45.7 Å². The second kappa shape index (κ2) is 8.69. The van der Waals surface area contributed by atoms with Crippen molar-refractivity contribution in [2.24, 2.45) is 0 Å². The van der Waals surface area contributed by atoms with Gasteiger partial charge < -0.3 is 14.8 Å². The molecule has 2 aliphatic heterocycles. The van der Waals surface area contributed by atoms with Gasteiger partial charge in [-0.3, -0.25) is 9.59 Å². The van der Waals surface area contributed by atoms with Crippen molar-refractivity contribution in [1.29, 1.82) is 0 Å². The molecule has 0 radical (unpaired) electrons. The lowest BCUT2D eigenvalue weighted by Crippen LogP contribution is -2.63. The van der Waals surface area contributed by atoms with Gasteiger partial charge in [0, 0.05) is 29.6 Å². The second-order valence-corrected chi connectivity index (χ2v) is 9.77. The van der Waals surface area contributed by atoms with Crippen LogP contribution in [-0.2, 0) is 16.0 Å². The summed E-state index contributed by atoms with van der Waals surface area (Å²) in [6.07, 6.45) is 3.68. The maximum atomic E-state index is 13.6. The average Bonchev–Trinajstić information content (AvgIpc) is 3.19. The number of benzene rings is 2. The number of amides is 2. The fourth-order valence-electron chi connectivity index (χ4n) is 5.47. The van der Waals surface area contributed by atoms with Crippen molar-refractivity contribution in [1.82, 2.24) is 14.8 Å². The van der Waals surface area contributed by atoms with E-state index in [1.807, 2.05) is 17.0 Å². The molecule has 5 rings (SSSR count). The summed E-state index contributed by atoms with van der Waals surface area (Å²) >= 11 is 0. The van der Waals surface area contributed by atoms with E-state index in [1.165, 1.54) is 11.1 Å². The summed E-state index contributed by atoms with van der Waals surface area (Å²) in [6, 6.07) is 16.1. The molecule has 0 unspecified atom stereocenters. The number of aromatic nitrogens is 1. The number of hydrogen-bond donors (Lipinski definition) is 1. The molecule has 2 aliphatic rings. The Morgan fingerprint density at radius 3 is 2.52 bits per heavy atom. The Labute approximate surface area is 195 Å². The quantitative estimate of drug-likeness (QED) is 0.535. The molecule has 1 fully saturated rings. The molecule has 3 heterocycles. The van der Waals surface area contributed by atoms with E-state index in [2.05, 4.69) is 62.2 Å². The van der Waals surface area contributed by atoms with Crippen LogP contribution in [0.2, 0.25) is 0 Å². The second-order valence-electron chi connectivity index (χ2n) is 9.77. The van der Waals surface area contributed by atoms with Crippen molar-refractivity contribution in [3.8, 4) is 0 Å². The van der Waals surface area contributed by atoms with Crippen LogP contribution in [0.3, 0.4) is 0 Å². The number of aromatic amines is 1. The predicted octanol–water partition coefficient (Wildman–Crippen LogP) is 5.17. The number of carbonyl (C=O) groups excluding carboxylic acids is 2. The van der Waals surface area contributed by atoms with Gasteiger partial charge in [-0.1, -0.05) is 76.1 Å². The first-order valence-electron chi connectivity index (χ1n) is 12.3. The standard InChI is InChI=1S/C28H33N3O2/c1-4-5-8-15-30-17-25(32)31-24(28(30)33)16-22-21-9-6-7-10-23(21)29-26(22)27(31)20-13-11-19(12-14-20)18(2)3/h6-7,9-14,18,24,27,29H,4-5,8,15-17H2,1-3H3/t24-,27+/m1/s1. The van der Waals surface area contributed by atoms with Crippen LogP contribution < -0.4 is 0 Å². The van der Waals surface area contributed by atoms with Gasteiger partial charge in [0.1, 0.15) is 6.04 Å². The summed E-state index contributed by atoms with van der Waals surface area (Å²) in [5.74, 6) is 0.570. The van der Waals surface area contributed by atoms with Gasteiger partial charge in [-0.25, -0.2) is 0 Å². The fraction of sp³-hybridized carbons (Fsp3) is 0.429. The van der Waals surface area contributed by atoms with Crippen LogP contribution in [0.15, 0.2) is 48.5 Å². The number of rotatable bonds is 6. The van der Waals surface area contributed by atoms with Gasteiger partial charge in [0.05, 0.1) is 12.6 Å². The van der Waals surface area contributed by atoms with E-state index in [0.717, 1.165) is 41.4 Å². The van der Waals surface area contributed by atoms with Gasteiger partial charge in [0.2, 0.25) is 11.8 Å². The van der Waals surface area contributed by atoms with E-state index in [4.69, 9.17) is 0 Å². The molecule has 33 heavy (non-hydrogen) atoms. The van der Waals surface area contributed by atoms with Crippen molar-refractivity contribution >= 4 is 22.7 Å². The number of nitrogens with zero attached hydrogens (tertiary/aromatic N) is 2. The molecule has 1 N–H and O–H groups in total. The first-order chi connectivity index (χ1) is 16.0. The summed E-state index contributed by atoms with van der Waals surface area (Å²) in [4.78, 5) is 34.4. The SMILES string of the molecule is CCCCCN1CC(=O)N2[C@@H](c3ccc(C(C)C)cc3)c3[nH]c4ccccc4c3C[C@@H]2C1=O. The minimum absolute atomic E-state index is 0.0401. The Balaban J connectivity index is 1.60. The molecular weight excluding hydrogens is 410 g/mol. The monoisotopic (exact) mass is 443 g/mol. The van der Waals surface area contributed by atoms with Crippen molar-refractivity contribution in [2.45, 2.75) is 64.5 Å². The maximum Gasteiger partial charge on any atom is 0.246 e. The normalized spacial score (nSPS) is 20.5. The highest BCUT2D eigenvalue weighted by Gasteiger charge is 2.48. The minimum atomic E-state index is -0.450. The third-order valence-corrected chi connectivity index (χ3v) is 7.29. The molecule has 2 atom stereocenters. The van der Waals surface area contributed by atoms with Gasteiger partial charge in [0.15, 0.2) is 0 Å². The van der Waals surface area contributed by atoms with Gasteiger partial charge in [0.25, 0.3) is 0 Å². The number of H-pyrrole nitrogens is 1. The molecule has 3 aromatic rings. The van der Waals surface area contributed by atoms with E-state index in [1.54, 1.807) is 4.90 Å². The maximum absolute atomic E-state index is 13.6. The molecule has 2 aromatic carbocycles. The highest BCUT2D eigenvalue weighted by atomic mass is 16.2. The van der Waals surface area contributed by atoms with Crippen LogP contribution >= 0.6 is 0 Å². The molecule has 0 aliphatic carbocycles. The lowest BCUT2D eigenvalue weighted by atomic mass is 9.85. The van der Waals surface area contributed by atoms with E-state index in [-0.39, 0.29) is 24.4 Å². The number of hydrogen-bond acceptors (Lipinski definition) is 2. The van der Waals surface area contributed by atoms with Crippen molar-refractivity contribution < 1.29 is 9.59 Å². The highest BCUT2D eigenvalue weighted by Crippen LogP contribution is 2.42. The molecule has 0 spiro atoms. The van der Waals surface area contributed by atoms with Crippen LogP contribution in [0.4, 0.5) is 0 Å². The topological polar surface area (TPSA) is 56.4 Å².